The summed E-state index contributed by atoms with van der Waals surface area (Å²) in [5.74, 6) is -0.575. The quantitative estimate of drug-likeness (QED) is 0.433. The van der Waals surface area contributed by atoms with Gasteiger partial charge in [-0.25, -0.2) is 0 Å². The maximum absolute atomic E-state index is 11.1. The maximum atomic E-state index is 11.1. The van der Waals surface area contributed by atoms with Gasteiger partial charge in [-0.15, -0.1) is 0 Å². The van der Waals surface area contributed by atoms with Crippen molar-refractivity contribution < 1.29 is 9.90 Å². The van der Waals surface area contributed by atoms with Crippen LogP contribution in [-0.4, -0.2) is 15.6 Å². The summed E-state index contributed by atoms with van der Waals surface area (Å²) < 4.78 is 2.23. The van der Waals surface area contributed by atoms with Gasteiger partial charge in [0.25, 0.3) is 0 Å². The zero-order valence-electron chi connectivity index (χ0n) is 15.7. The second-order valence-electron chi connectivity index (χ2n) is 7.06. The fraction of sp³-hybridized carbons (Fsp3) is 0.160. The van der Waals surface area contributed by atoms with E-state index in [1.807, 2.05) is 24.3 Å². The molecule has 28 heavy (non-hydrogen) atoms. The van der Waals surface area contributed by atoms with Crippen LogP contribution in [0.3, 0.4) is 0 Å². The third-order valence-electron chi connectivity index (χ3n) is 5.24. The van der Waals surface area contributed by atoms with E-state index in [-0.39, 0.29) is 12.3 Å². The number of hydrogen-bond acceptors (Lipinski definition) is 1. The Morgan fingerprint density at radius 1 is 0.857 bits per heavy atom. The van der Waals surface area contributed by atoms with Gasteiger partial charge in [0.2, 0.25) is 0 Å². The normalized spacial score (nSPS) is 12.1. The Kier molecular flexibility index (Phi) is 5.24. The molecule has 1 aromatic heterocycles. The highest BCUT2D eigenvalue weighted by atomic mass is 16.4. The number of para-hydroxylation sites is 2. The minimum atomic E-state index is -0.737. The summed E-state index contributed by atoms with van der Waals surface area (Å²) >= 11 is 0. The van der Waals surface area contributed by atoms with E-state index in [1.165, 1.54) is 22.0 Å². The molecule has 0 saturated carbocycles. The lowest BCUT2D eigenvalue weighted by Crippen LogP contribution is -2.03. The molecule has 0 amide bonds. The van der Waals surface area contributed by atoms with Crippen LogP contribution in [0.5, 0.6) is 0 Å². The standard InChI is InChI=1S/C25H23NO2/c27-25(28)17-9-15-21(19-10-3-1-4-11-19)23-18-26(20-12-5-2-6-13-20)24-16-8-7-14-22(23)24/h1-8,10-14,16,18,21H,9,15,17H2,(H,27,28). The molecule has 0 aliphatic carbocycles. The number of carboxylic acids is 1. The molecule has 4 aromatic rings. The smallest absolute Gasteiger partial charge is 0.303 e. The molecule has 1 atom stereocenters. The first-order chi connectivity index (χ1) is 13.7. The van der Waals surface area contributed by atoms with Crippen LogP contribution in [0.15, 0.2) is 91.1 Å². The third kappa shape index (κ3) is 3.70. The minimum absolute atomic E-state index is 0.162. The summed E-state index contributed by atoms with van der Waals surface area (Å²) in [6.07, 6.45) is 3.87. The summed E-state index contributed by atoms with van der Waals surface area (Å²) in [5, 5.41) is 10.3. The molecule has 140 valence electrons. The Morgan fingerprint density at radius 2 is 1.50 bits per heavy atom. The molecule has 3 aromatic carbocycles. The van der Waals surface area contributed by atoms with Gasteiger partial charge < -0.3 is 9.67 Å². The summed E-state index contributed by atoms with van der Waals surface area (Å²) in [6.45, 7) is 0. The van der Waals surface area contributed by atoms with E-state index in [2.05, 4.69) is 71.4 Å². The van der Waals surface area contributed by atoms with Crippen molar-refractivity contribution in [1.29, 1.82) is 0 Å². The number of nitrogens with zero attached hydrogens (tertiary/aromatic N) is 1. The monoisotopic (exact) mass is 369 g/mol. The van der Waals surface area contributed by atoms with Crippen molar-refractivity contribution in [3.8, 4) is 5.69 Å². The van der Waals surface area contributed by atoms with Gasteiger partial charge in [0.15, 0.2) is 0 Å². The van der Waals surface area contributed by atoms with Crippen LogP contribution in [0.2, 0.25) is 0 Å². The summed E-state index contributed by atoms with van der Waals surface area (Å²) in [7, 11) is 0. The Balaban J connectivity index is 1.83. The van der Waals surface area contributed by atoms with E-state index in [0.717, 1.165) is 12.1 Å². The second-order valence-corrected chi connectivity index (χ2v) is 7.06. The maximum Gasteiger partial charge on any atom is 0.303 e. The highest BCUT2D eigenvalue weighted by molar-refractivity contribution is 5.86. The fourth-order valence-corrected chi connectivity index (χ4v) is 3.93. The van der Waals surface area contributed by atoms with Gasteiger partial charge in [0.1, 0.15) is 0 Å². The van der Waals surface area contributed by atoms with Gasteiger partial charge in [-0.05, 0) is 42.2 Å². The van der Waals surface area contributed by atoms with E-state index >= 15 is 0 Å². The molecule has 0 aliphatic rings. The van der Waals surface area contributed by atoms with Crippen LogP contribution in [0.4, 0.5) is 0 Å². The molecule has 0 saturated heterocycles. The molecular formula is C25H23NO2. The minimum Gasteiger partial charge on any atom is -0.481 e. The first kappa shape index (κ1) is 18.1. The highest BCUT2D eigenvalue weighted by Crippen LogP contribution is 2.36. The summed E-state index contributed by atoms with van der Waals surface area (Å²) in [5.41, 5.74) is 4.77. The lowest BCUT2D eigenvalue weighted by molar-refractivity contribution is -0.137. The number of fused-ring (bicyclic) bond motifs is 1. The van der Waals surface area contributed by atoms with Gasteiger partial charge in [-0.2, -0.15) is 0 Å². The first-order valence-corrected chi connectivity index (χ1v) is 9.66. The van der Waals surface area contributed by atoms with E-state index in [4.69, 9.17) is 5.11 Å². The lowest BCUT2D eigenvalue weighted by atomic mass is 9.87. The van der Waals surface area contributed by atoms with Crippen LogP contribution in [0, 0.1) is 0 Å². The molecule has 3 nitrogen and oxygen atoms in total. The van der Waals surface area contributed by atoms with Crippen LogP contribution in [-0.2, 0) is 4.79 Å². The van der Waals surface area contributed by atoms with Gasteiger partial charge in [-0.1, -0.05) is 66.7 Å². The van der Waals surface area contributed by atoms with Crippen LogP contribution < -0.4 is 0 Å². The summed E-state index contributed by atoms with van der Waals surface area (Å²) in [4.78, 5) is 11.1. The Hall–Kier alpha value is -3.33. The Bertz CT molecular complexity index is 1070. The molecular weight excluding hydrogens is 346 g/mol. The molecule has 1 unspecified atom stereocenters. The van der Waals surface area contributed by atoms with Crippen molar-refractivity contribution in [3.63, 3.8) is 0 Å². The number of aromatic nitrogens is 1. The van der Waals surface area contributed by atoms with Crippen molar-refractivity contribution in [2.75, 3.05) is 0 Å². The van der Waals surface area contributed by atoms with Crippen LogP contribution in [0.25, 0.3) is 16.6 Å². The van der Waals surface area contributed by atoms with E-state index in [0.29, 0.717) is 6.42 Å². The molecule has 1 heterocycles. The Labute approximate surface area is 164 Å². The zero-order chi connectivity index (χ0) is 19.3. The molecule has 4 rings (SSSR count). The van der Waals surface area contributed by atoms with Crippen LogP contribution >= 0.6 is 0 Å². The van der Waals surface area contributed by atoms with Gasteiger partial charge in [0, 0.05) is 29.6 Å². The number of aliphatic carboxylic acids is 1. The highest BCUT2D eigenvalue weighted by Gasteiger charge is 2.20. The SMILES string of the molecule is O=C(O)CCCC(c1ccccc1)c1cn(-c2ccccc2)c2ccccc12. The van der Waals surface area contributed by atoms with Gasteiger partial charge in [0.05, 0.1) is 5.52 Å². The molecule has 1 N–H and O–H groups in total. The number of hydrogen-bond donors (Lipinski definition) is 1. The van der Waals surface area contributed by atoms with Crippen molar-refractivity contribution in [3.05, 3.63) is 102 Å². The van der Waals surface area contributed by atoms with Crippen molar-refractivity contribution in [2.45, 2.75) is 25.2 Å². The third-order valence-corrected chi connectivity index (χ3v) is 5.24. The van der Waals surface area contributed by atoms with Crippen molar-refractivity contribution in [1.82, 2.24) is 4.57 Å². The average Bonchev–Trinajstić information content (AvgIpc) is 3.12. The van der Waals surface area contributed by atoms with Gasteiger partial charge >= 0.3 is 5.97 Å². The fourth-order valence-electron chi connectivity index (χ4n) is 3.93. The molecule has 0 spiro atoms. The number of benzene rings is 3. The first-order valence-electron chi connectivity index (χ1n) is 9.66. The average molecular weight is 369 g/mol. The molecule has 0 radical (unpaired) electrons. The molecule has 0 fully saturated rings. The van der Waals surface area contributed by atoms with Crippen LogP contribution in [0.1, 0.15) is 36.3 Å². The molecule has 3 heteroatoms. The van der Waals surface area contributed by atoms with Crippen molar-refractivity contribution >= 4 is 16.9 Å². The predicted octanol–water partition coefficient (Wildman–Crippen LogP) is 6.02. The zero-order valence-corrected chi connectivity index (χ0v) is 15.7. The predicted molar refractivity (Wildman–Crippen MR) is 113 cm³/mol. The van der Waals surface area contributed by atoms with E-state index < -0.39 is 5.97 Å². The lowest BCUT2D eigenvalue weighted by Gasteiger charge is -2.17. The molecule has 0 aliphatic heterocycles. The van der Waals surface area contributed by atoms with Crippen molar-refractivity contribution in [2.24, 2.45) is 0 Å². The van der Waals surface area contributed by atoms with Gasteiger partial charge in [-0.3, -0.25) is 4.79 Å². The molecule has 0 bridgehead atoms. The topological polar surface area (TPSA) is 42.2 Å². The second kappa shape index (κ2) is 8.13. The Morgan fingerprint density at radius 3 is 2.21 bits per heavy atom. The number of carboxylic acid groups (broad SMARTS) is 1. The number of rotatable bonds is 7. The van der Waals surface area contributed by atoms with E-state index in [9.17, 15) is 4.79 Å². The number of carbonyl (C=O) groups is 1. The largest absolute Gasteiger partial charge is 0.481 e. The van der Waals surface area contributed by atoms with E-state index in [1.54, 1.807) is 0 Å². The summed E-state index contributed by atoms with van der Waals surface area (Å²) in [6, 6.07) is 29.2.